The average Bonchev–Trinajstić information content (AvgIpc) is 2.81. The van der Waals surface area contributed by atoms with E-state index in [2.05, 4.69) is 13.0 Å². The summed E-state index contributed by atoms with van der Waals surface area (Å²) >= 11 is 0. The number of rotatable bonds is 2. The highest BCUT2D eigenvalue weighted by Crippen LogP contribution is 2.37. The van der Waals surface area contributed by atoms with Gasteiger partial charge in [-0.3, -0.25) is 4.98 Å². The van der Waals surface area contributed by atoms with Gasteiger partial charge in [-0.25, -0.2) is 4.79 Å². The van der Waals surface area contributed by atoms with Crippen LogP contribution in [-0.4, -0.2) is 53.0 Å². The Balaban J connectivity index is 1.70. The molecule has 2 fully saturated rings. The smallest absolute Gasteiger partial charge is 0.444 e. The van der Waals surface area contributed by atoms with Gasteiger partial charge in [-0.2, -0.15) is 0 Å². The minimum Gasteiger partial charge on any atom is -0.444 e. The largest absolute Gasteiger partial charge is 0.514 e. The maximum absolute atomic E-state index is 12.4. The summed E-state index contributed by atoms with van der Waals surface area (Å²) in [6, 6.07) is 6.06. The third kappa shape index (κ3) is 4.77. The summed E-state index contributed by atoms with van der Waals surface area (Å²) in [5, 5.41) is 0. The molecule has 0 radical (unpaired) electrons. The van der Waals surface area contributed by atoms with Gasteiger partial charge in [0.2, 0.25) is 0 Å². The lowest BCUT2D eigenvalue weighted by molar-refractivity contribution is 0.00578. The molecule has 1 amide bonds. The van der Waals surface area contributed by atoms with Crippen molar-refractivity contribution in [2.24, 2.45) is 5.92 Å². The molecule has 6 nitrogen and oxygen atoms in total. The summed E-state index contributed by atoms with van der Waals surface area (Å²) in [5.41, 5.74) is 0.593. The fourth-order valence-corrected chi connectivity index (χ4v) is 3.85. The van der Waals surface area contributed by atoms with Crippen molar-refractivity contribution in [2.45, 2.75) is 84.5 Å². The standard InChI is InChI=1S/C22H35BN2O4/c1-15-14-25(19(26)27-20(2,3)4)13-12-16(15)17-10-9-11-18(24-17)23-28-21(5,6)22(7,8)29-23/h9-11,15-16H,12-14H2,1-8H3. The van der Waals surface area contributed by atoms with E-state index in [0.717, 1.165) is 17.7 Å². The maximum Gasteiger partial charge on any atom is 0.514 e. The molecule has 0 aromatic carbocycles. The molecule has 2 saturated heterocycles. The van der Waals surface area contributed by atoms with Gasteiger partial charge in [-0.15, -0.1) is 0 Å². The third-order valence-corrected chi connectivity index (χ3v) is 6.22. The first kappa shape index (κ1) is 22.1. The number of amides is 1. The van der Waals surface area contributed by atoms with Crippen LogP contribution in [0.4, 0.5) is 4.79 Å². The third-order valence-electron chi connectivity index (χ3n) is 6.22. The minimum absolute atomic E-state index is 0.235. The molecule has 3 rings (SSSR count). The Morgan fingerprint density at radius 2 is 1.83 bits per heavy atom. The number of aromatic nitrogens is 1. The number of hydrogen-bond acceptors (Lipinski definition) is 5. The predicted molar refractivity (Wildman–Crippen MR) is 114 cm³/mol. The van der Waals surface area contributed by atoms with Crippen LogP contribution in [0.2, 0.25) is 0 Å². The monoisotopic (exact) mass is 402 g/mol. The van der Waals surface area contributed by atoms with E-state index in [1.807, 2.05) is 65.5 Å². The Kier molecular flexibility index (Phi) is 5.78. The summed E-state index contributed by atoms with van der Waals surface area (Å²) in [6.07, 6.45) is 0.627. The van der Waals surface area contributed by atoms with E-state index in [0.29, 0.717) is 13.1 Å². The lowest BCUT2D eigenvalue weighted by atomic mass is 9.81. The highest BCUT2D eigenvalue weighted by Gasteiger charge is 2.52. The zero-order valence-electron chi connectivity index (χ0n) is 19.1. The summed E-state index contributed by atoms with van der Waals surface area (Å²) in [4.78, 5) is 19.1. The molecule has 29 heavy (non-hydrogen) atoms. The average molecular weight is 402 g/mol. The first-order valence-electron chi connectivity index (χ1n) is 10.6. The first-order chi connectivity index (χ1) is 13.3. The van der Waals surface area contributed by atoms with Crippen molar-refractivity contribution in [3.8, 4) is 0 Å². The Morgan fingerprint density at radius 1 is 1.21 bits per heavy atom. The maximum atomic E-state index is 12.4. The highest BCUT2D eigenvalue weighted by molar-refractivity contribution is 6.61. The molecule has 2 atom stereocenters. The molecule has 2 aliphatic heterocycles. The normalized spacial score (nSPS) is 26.5. The van der Waals surface area contributed by atoms with Gasteiger partial charge in [0, 0.05) is 24.7 Å². The zero-order chi connectivity index (χ0) is 21.6. The molecule has 0 spiro atoms. The topological polar surface area (TPSA) is 60.9 Å². The summed E-state index contributed by atoms with van der Waals surface area (Å²) in [5.74, 6) is 0.577. The van der Waals surface area contributed by atoms with Crippen molar-refractivity contribution < 1.29 is 18.8 Å². The molecule has 2 unspecified atom stereocenters. The van der Waals surface area contributed by atoms with Gasteiger partial charge in [-0.1, -0.05) is 13.0 Å². The molecule has 1 aromatic heterocycles. The number of pyridine rings is 1. The Morgan fingerprint density at radius 3 is 2.38 bits per heavy atom. The van der Waals surface area contributed by atoms with Crippen molar-refractivity contribution in [1.82, 2.24) is 9.88 Å². The molecule has 2 aliphatic rings. The van der Waals surface area contributed by atoms with E-state index in [1.165, 1.54) is 0 Å². The first-order valence-corrected chi connectivity index (χ1v) is 10.6. The molecule has 0 aliphatic carbocycles. The van der Waals surface area contributed by atoms with Crippen LogP contribution in [0.25, 0.3) is 0 Å². The molecule has 0 saturated carbocycles. The van der Waals surface area contributed by atoms with Crippen LogP contribution in [0.3, 0.4) is 0 Å². The number of carbonyl (C=O) groups is 1. The van der Waals surface area contributed by atoms with Crippen LogP contribution in [-0.2, 0) is 14.0 Å². The number of carbonyl (C=O) groups excluding carboxylic acids is 1. The second-order valence-electron chi connectivity index (χ2n) is 10.4. The fourth-order valence-electron chi connectivity index (χ4n) is 3.85. The van der Waals surface area contributed by atoms with E-state index >= 15 is 0 Å². The van der Waals surface area contributed by atoms with Crippen molar-refractivity contribution >= 4 is 18.8 Å². The molecule has 160 valence electrons. The fraction of sp³-hybridized carbons (Fsp3) is 0.727. The number of likely N-dealkylation sites (tertiary alicyclic amines) is 1. The van der Waals surface area contributed by atoms with Crippen LogP contribution >= 0.6 is 0 Å². The zero-order valence-corrected chi connectivity index (χ0v) is 19.1. The van der Waals surface area contributed by atoms with E-state index in [9.17, 15) is 4.79 Å². The van der Waals surface area contributed by atoms with Gasteiger partial charge >= 0.3 is 13.2 Å². The Hall–Kier alpha value is -1.60. The SMILES string of the molecule is CC1CN(C(=O)OC(C)(C)C)CCC1c1cccc(B2OC(C)(C)C(C)(C)O2)n1. The number of hydrogen-bond donors (Lipinski definition) is 0. The van der Waals surface area contributed by atoms with Crippen molar-refractivity contribution in [3.05, 3.63) is 23.9 Å². The van der Waals surface area contributed by atoms with Crippen LogP contribution in [0.5, 0.6) is 0 Å². The Bertz CT molecular complexity index is 743. The van der Waals surface area contributed by atoms with Gasteiger partial charge in [0.05, 0.1) is 16.8 Å². The van der Waals surface area contributed by atoms with Crippen LogP contribution in [0, 0.1) is 5.92 Å². The minimum atomic E-state index is -0.476. The van der Waals surface area contributed by atoms with Crippen LogP contribution in [0.15, 0.2) is 18.2 Å². The van der Waals surface area contributed by atoms with E-state index < -0.39 is 12.7 Å². The van der Waals surface area contributed by atoms with Gasteiger partial charge in [0.1, 0.15) is 5.60 Å². The van der Waals surface area contributed by atoms with E-state index in [4.69, 9.17) is 19.0 Å². The number of piperidine rings is 1. The second kappa shape index (κ2) is 7.58. The van der Waals surface area contributed by atoms with Crippen molar-refractivity contribution in [1.29, 1.82) is 0 Å². The number of ether oxygens (including phenoxy) is 1. The lowest BCUT2D eigenvalue weighted by Gasteiger charge is -2.37. The highest BCUT2D eigenvalue weighted by atomic mass is 16.7. The predicted octanol–water partition coefficient (Wildman–Crippen LogP) is 3.74. The van der Waals surface area contributed by atoms with Gasteiger partial charge < -0.3 is 18.9 Å². The summed E-state index contributed by atoms with van der Waals surface area (Å²) < 4.78 is 17.9. The van der Waals surface area contributed by atoms with Crippen LogP contribution < -0.4 is 5.59 Å². The molecule has 1 aromatic rings. The quantitative estimate of drug-likeness (QED) is 0.706. The molecular formula is C22H35BN2O4. The molecule has 7 heteroatoms. The lowest BCUT2D eigenvalue weighted by Crippen LogP contribution is -2.45. The Labute approximate surface area is 175 Å². The van der Waals surface area contributed by atoms with Crippen molar-refractivity contribution in [2.75, 3.05) is 13.1 Å². The van der Waals surface area contributed by atoms with Crippen molar-refractivity contribution in [3.63, 3.8) is 0 Å². The van der Waals surface area contributed by atoms with E-state index in [1.54, 1.807) is 0 Å². The van der Waals surface area contributed by atoms with Crippen LogP contribution in [0.1, 0.15) is 73.4 Å². The summed E-state index contributed by atoms with van der Waals surface area (Å²) in [7, 11) is -0.461. The van der Waals surface area contributed by atoms with Gasteiger partial charge in [0.25, 0.3) is 0 Å². The summed E-state index contributed by atoms with van der Waals surface area (Å²) in [6.45, 7) is 17.4. The molecule has 0 bridgehead atoms. The molecule has 0 N–H and O–H groups in total. The molecular weight excluding hydrogens is 367 g/mol. The van der Waals surface area contributed by atoms with E-state index in [-0.39, 0.29) is 29.1 Å². The molecule has 3 heterocycles. The van der Waals surface area contributed by atoms with Gasteiger partial charge in [0.15, 0.2) is 0 Å². The number of nitrogens with zero attached hydrogens (tertiary/aromatic N) is 2. The van der Waals surface area contributed by atoms with Gasteiger partial charge in [-0.05, 0) is 72.9 Å². The second-order valence-corrected chi connectivity index (χ2v) is 10.4.